The minimum atomic E-state index is -1.25. The second kappa shape index (κ2) is 7.17. The number of hydrogen-bond acceptors (Lipinski definition) is 4. The summed E-state index contributed by atoms with van der Waals surface area (Å²) < 4.78 is 31.5. The molecule has 0 bridgehead atoms. The molecule has 1 fully saturated rings. The highest BCUT2D eigenvalue weighted by molar-refractivity contribution is 5.92. The number of amides is 2. The van der Waals surface area contributed by atoms with Gasteiger partial charge in [-0.25, -0.2) is 13.6 Å². The van der Waals surface area contributed by atoms with Crippen molar-refractivity contribution in [1.82, 2.24) is 4.90 Å². The quantitative estimate of drug-likeness (QED) is 0.831. The zero-order valence-electron chi connectivity index (χ0n) is 12.3. The molecule has 1 saturated heterocycles. The molecule has 8 heteroatoms. The Labute approximate surface area is 131 Å². The van der Waals surface area contributed by atoms with Crippen LogP contribution in [0, 0.1) is 17.6 Å². The van der Waals surface area contributed by atoms with Crippen LogP contribution in [0.1, 0.15) is 23.2 Å². The summed E-state index contributed by atoms with van der Waals surface area (Å²) in [5.74, 6) is -4.85. The molecule has 6 nitrogen and oxygen atoms in total. The Hall–Kier alpha value is -2.51. The molecule has 1 atom stereocenters. The molecular weight excluding hydrogens is 310 g/mol. The minimum absolute atomic E-state index is 0.153. The Bertz CT molecular complexity index is 616. The van der Waals surface area contributed by atoms with Gasteiger partial charge in [0, 0.05) is 13.1 Å². The first-order valence-electron chi connectivity index (χ1n) is 7.08. The Morgan fingerprint density at radius 1 is 1.26 bits per heavy atom. The summed E-state index contributed by atoms with van der Waals surface area (Å²) in [6.45, 7) is -0.0912. The van der Waals surface area contributed by atoms with Gasteiger partial charge in [-0.15, -0.1) is 0 Å². The topological polar surface area (TPSA) is 89.7 Å². The molecule has 2 N–H and O–H groups in total. The first kappa shape index (κ1) is 16.9. The number of halogens is 2. The van der Waals surface area contributed by atoms with Crippen LogP contribution >= 0.6 is 0 Å². The molecule has 0 radical (unpaired) electrons. The van der Waals surface area contributed by atoms with Crippen molar-refractivity contribution in [2.24, 2.45) is 11.7 Å². The maximum atomic E-state index is 13.4. The number of benzene rings is 1. The molecule has 0 aliphatic carbocycles. The highest BCUT2D eigenvalue weighted by Crippen LogP contribution is 2.17. The van der Waals surface area contributed by atoms with Crippen LogP contribution in [0.25, 0.3) is 0 Å². The smallest absolute Gasteiger partial charge is 0.344 e. The van der Waals surface area contributed by atoms with Crippen molar-refractivity contribution in [3.63, 3.8) is 0 Å². The van der Waals surface area contributed by atoms with E-state index in [0.29, 0.717) is 19.4 Å². The van der Waals surface area contributed by atoms with E-state index in [-0.39, 0.29) is 6.54 Å². The van der Waals surface area contributed by atoms with Crippen LogP contribution in [-0.2, 0) is 14.3 Å². The monoisotopic (exact) mass is 326 g/mol. The number of ether oxygens (including phenoxy) is 1. The van der Waals surface area contributed by atoms with E-state index in [4.69, 9.17) is 5.73 Å². The lowest BCUT2D eigenvalue weighted by Crippen LogP contribution is -2.45. The fourth-order valence-corrected chi connectivity index (χ4v) is 2.42. The van der Waals surface area contributed by atoms with Crippen molar-refractivity contribution in [3.8, 4) is 0 Å². The van der Waals surface area contributed by atoms with Crippen LogP contribution in [0.15, 0.2) is 18.2 Å². The number of rotatable bonds is 4. The molecule has 1 aromatic rings. The van der Waals surface area contributed by atoms with Crippen LogP contribution < -0.4 is 5.73 Å². The standard InChI is InChI=1S/C15H16F2N2O4/c16-10-4-1-5-11(17)13(10)15(22)23-8-12(20)19-6-2-3-9(7-19)14(18)21/h1,4-5,9H,2-3,6-8H2,(H2,18,21)/t9-/m0/s1. The Balaban J connectivity index is 1.94. The van der Waals surface area contributed by atoms with Crippen LogP contribution in [0.3, 0.4) is 0 Å². The van der Waals surface area contributed by atoms with Gasteiger partial charge in [-0.1, -0.05) is 6.07 Å². The first-order valence-corrected chi connectivity index (χ1v) is 7.08. The van der Waals surface area contributed by atoms with Gasteiger partial charge in [0.15, 0.2) is 6.61 Å². The van der Waals surface area contributed by atoms with E-state index in [0.717, 1.165) is 18.2 Å². The van der Waals surface area contributed by atoms with Gasteiger partial charge in [0.25, 0.3) is 5.91 Å². The van der Waals surface area contributed by atoms with Crippen LogP contribution in [0.2, 0.25) is 0 Å². The SMILES string of the molecule is NC(=O)[C@H]1CCCN(C(=O)COC(=O)c2c(F)cccc2F)C1. The van der Waals surface area contributed by atoms with E-state index in [1.165, 1.54) is 4.90 Å². The van der Waals surface area contributed by atoms with Crippen molar-refractivity contribution < 1.29 is 27.9 Å². The largest absolute Gasteiger partial charge is 0.452 e. The molecule has 0 unspecified atom stereocenters. The normalized spacial score (nSPS) is 17.7. The van der Waals surface area contributed by atoms with Gasteiger partial charge < -0.3 is 15.4 Å². The average molecular weight is 326 g/mol. The molecule has 0 saturated carbocycles. The lowest BCUT2D eigenvalue weighted by Gasteiger charge is -2.31. The molecule has 1 aromatic carbocycles. The predicted octanol–water partition coefficient (Wildman–Crippen LogP) is 0.845. The van der Waals surface area contributed by atoms with Crippen molar-refractivity contribution in [2.45, 2.75) is 12.8 Å². The summed E-state index contributed by atoms with van der Waals surface area (Å²) in [6.07, 6.45) is 1.20. The van der Waals surface area contributed by atoms with Crippen molar-refractivity contribution in [3.05, 3.63) is 35.4 Å². The molecule has 0 spiro atoms. The number of carbonyl (C=O) groups excluding carboxylic acids is 3. The molecule has 0 aromatic heterocycles. The third-order valence-electron chi connectivity index (χ3n) is 3.67. The molecule has 1 heterocycles. The number of esters is 1. The summed E-state index contributed by atoms with van der Waals surface area (Å²) in [6, 6.07) is 2.96. The van der Waals surface area contributed by atoms with E-state index >= 15 is 0 Å². The lowest BCUT2D eigenvalue weighted by atomic mass is 9.97. The number of likely N-dealkylation sites (tertiary alicyclic amines) is 1. The Morgan fingerprint density at radius 2 is 1.91 bits per heavy atom. The highest BCUT2D eigenvalue weighted by atomic mass is 19.1. The first-order chi connectivity index (χ1) is 10.9. The zero-order valence-corrected chi connectivity index (χ0v) is 12.3. The van der Waals surface area contributed by atoms with E-state index in [1.807, 2.05) is 0 Å². The van der Waals surface area contributed by atoms with Gasteiger partial charge in [0.05, 0.1) is 5.92 Å². The fraction of sp³-hybridized carbons (Fsp3) is 0.400. The van der Waals surface area contributed by atoms with Crippen molar-refractivity contribution in [2.75, 3.05) is 19.7 Å². The molecule has 1 aliphatic rings. The molecule has 124 valence electrons. The maximum absolute atomic E-state index is 13.4. The number of primary amides is 1. The Kier molecular flexibility index (Phi) is 5.25. The van der Waals surface area contributed by atoms with Gasteiger partial charge in [0.1, 0.15) is 17.2 Å². The van der Waals surface area contributed by atoms with E-state index < -0.39 is 47.5 Å². The van der Waals surface area contributed by atoms with Crippen LogP contribution in [0.4, 0.5) is 8.78 Å². The zero-order chi connectivity index (χ0) is 17.0. The second-order valence-electron chi connectivity index (χ2n) is 5.25. The van der Waals surface area contributed by atoms with Gasteiger partial charge in [-0.3, -0.25) is 9.59 Å². The van der Waals surface area contributed by atoms with Crippen molar-refractivity contribution in [1.29, 1.82) is 0 Å². The number of nitrogens with two attached hydrogens (primary N) is 1. The van der Waals surface area contributed by atoms with E-state index in [9.17, 15) is 23.2 Å². The molecule has 2 rings (SSSR count). The van der Waals surface area contributed by atoms with Crippen LogP contribution in [0.5, 0.6) is 0 Å². The number of piperidine rings is 1. The summed E-state index contributed by atoms with van der Waals surface area (Å²) in [4.78, 5) is 36.2. The third kappa shape index (κ3) is 4.02. The number of hydrogen-bond donors (Lipinski definition) is 1. The number of carbonyl (C=O) groups is 3. The second-order valence-corrected chi connectivity index (χ2v) is 5.25. The average Bonchev–Trinajstić information content (AvgIpc) is 2.52. The van der Waals surface area contributed by atoms with Crippen molar-refractivity contribution >= 4 is 17.8 Å². The maximum Gasteiger partial charge on any atom is 0.344 e. The van der Waals surface area contributed by atoms with Gasteiger partial charge in [-0.05, 0) is 25.0 Å². The fourth-order valence-electron chi connectivity index (χ4n) is 2.42. The predicted molar refractivity (Wildman–Crippen MR) is 75.1 cm³/mol. The Morgan fingerprint density at radius 3 is 2.52 bits per heavy atom. The minimum Gasteiger partial charge on any atom is -0.452 e. The summed E-state index contributed by atoms with van der Waals surface area (Å²) in [7, 11) is 0. The van der Waals surface area contributed by atoms with E-state index in [1.54, 1.807) is 0 Å². The van der Waals surface area contributed by atoms with Gasteiger partial charge >= 0.3 is 5.97 Å². The van der Waals surface area contributed by atoms with Gasteiger partial charge in [-0.2, -0.15) is 0 Å². The number of nitrogens with zero attached hydrogens (tertiary/aromatic N) is 1. The summed E-state index contributed by atoms with van der Waals surface area (Å²) >= 11 is 0. The molecule has 1 aliphatic heterocycles. The van der Waals surface area contributed by atoms with Crippen LogP contribution in [-0.4, -0.2) is 42.4 Å². The lowest BCUT2D eigenvalue weighted by molar-refractivity contribution is -0.137. The molecule has 2 amide bonds. The summed E-state index contributed by atoms with van der Waals surface area (Å²) in [5, 5.41) is 0. The van der Waals surface area contributed by atoms with Gasteiger partial charge in [0.2, 0.25) is 5.91 Å². The highest BCUT2D eigenvalue weighted by Gasteiger charge is 2.28. The molecular formula is C15H16F2N2O4. The van der Waals surface area contributed by atoms with E-state index in [2.05, 4.69) is 4.74 Å². The third-order valence-corrected chi connectivity index (χ3v) is 3.67. The summed E-state index contributed by atoms with van der Waals surface area (Å²) in [5.41, 5.74) is 4.38. The molecule has 23 heavy (non-hydrogen) atoms.